The van der Waals surface area contributed by atoms with E-state index in [1.165, 1.54) is 83.5 Å². The molecule has 37 heavy (non-hydrogen) atoms. The van der Waals surface area contributed by atoms with Gasteiger partial charge in [-0.2, -0.15) is 11.8 Å². The minimum absolute atomic E-state index is 0. The van der Waals surface area contributed by atoms with Crippen LogP contribution >= 0.6 is 11.8 Å². The minimum Gasteiger partial charge on any atom is -1.00 e. The molecule has 0 radical (unpaired) electrons. The van der Waals surface area contributed by atoms with Crippen LogP contribution in [-0.2, 0) is 9.59 Å². The first-order valence-corrected chi connectivity index (χ1v) is 15.6. The van der Waals surface area contributed by atoms with Crippen molar-refractivity contribution in [1.82, 2.24) is 10.6 Å². The average Bonchev–Trinajstić information content (AvgIpc) is 3.38. The number of aliphatic carboxylic acids is 2. The van der Waals surface area contributed by atoms with Crippen molar-refractivity contribution in [3.63, 3.8) is 0 Å². The molecule has 214 valence electrons. The van der Waals surface area contributed by atoms with Gasteiger partial charge in [-0.25, -0.2) is 4.79 Å². The zero-order valence-electron chi connectivity index (χ0n) is 25.3. The van der Waals surface area contributed by atoms with Gasteiger partial charge in [0.1, 0.15) is 0 Å². The number of fused-ring (bicyclic) bond motifs is 1. The summed E-state index contributed by atoms with van der Waals surface area (Å²) in [4.78, 5) is 31.8. The first-order chi connectivity index (χ1) is 17.4. The van der Waals surface area contributed by atoms with E-state index >= 15 is 0 Å². The van der Waals surface area contributed by atoms with Crippen LogP contribution < -0.4 is 10.6 Å². The van der Waals surface area contributed by atoms with Crippen LogP contribution in [0.15, 0.2) is 0 Å². The second kappa shape index (κ2) is 24.4. The molecule has 2 rings (SSSR count). The number of urea groups is 1. The third kappa shape index (κ3) is 20.0. The minimum atomic E-state index is -0.729. The van der Waals surface area contributed by atoms with E-state index in [9.17, 15) is 14.4 Å². The van der Waals surface area contributed by atoms with Gasteiger partial charge >= 0.3 is 41.0 Å². The largest absolute Gasteiger partial charge is 2.00 e. The molecule has 0 bridgehead atoms. The van der Waals surface area contributed by atoms with Gasteiger partial charge in [-0.15, -0.1) is 0 Å². The number of carbonyl (C=O) groups is 3. The Bertz CT molecular complexity index is 623. The van der Waals surface area contributed by atoms with Gasteiger partial charge in [-0.05, 0) is 19.3 Å². The normalized spacial score (nSPS) is 19.7. The van der Waals surface area contributed by atoms with Crippen molar-refractivity contribution in [2.45, 2.75) is 153 Å². The SMILES string of the molecule is CCCCCCCCCCCCCCCCCC(=O)O.O=C(O)CCCC[C@@H]1SC[C@@H]2NC(=O)N[C@@H]21.[H-].[H-].[Mg+2]. The predicted molar refractivity (Wildman–Crippen MR) is 157 cm³/mol. The van der Waals surface area contributed by atoms with Crippen molar-refractivity contribution < 1.29 is 27.4 Å². The molecular formula is C28H54MgN2O5S. The number of carbonyl (C=O) groups excluding carboxylic acids is 1. The number of unbranched alkanes of at least 4 members (excludes halogenated alkanes) is 15. The van der Waals surface area contributed by atoms with E-state index < -0.39 is 11.9 Å². The van der Waals surface area contributed by atoms with E-state index in [1.54, 1.807) is 0 Å². The molecule has 2 amide bonds. The molecule has 2 aliphatic rings. The topological polar surface area (TPSA) is 116 Å². The third-order valence-electron chi connectivity index (χ3n) is 7.06. The van der Waals surface area contributed by atoms with Gasteiger partial charge in [0.2, 0.25) is 0 Å². The Hall–Kier alpha value is -0.674. The molecule has 0 saturated carbocycles. The van der Waals surface area contributed by atoms with Crippen LogP contribution in [0.4, 0.5) is 4.79 Å². The second-order valence-electron chi connectivity index (χ2n) is 10.4. The summed E-state index contributed by atoms with van der Waals surface area (Å²) in [5.41, 5.74) is 0. The number of carboxylic acid groups (broad SMARTS) is 2. The molecule has 3 atom stereocenters. The van der Waals surface area contributed by atoms with Crippen LogP contribution in [0.25, 0.3) is 0 Å². The monoisotopic (exact) mass is 554 g/mol. The molecule has 0 spiro atoms. The molecule has 2 aliphatic heterocycles. The number of amides is 2. The summed E-state index contributed by atoms with van der Waals surface area (Å²) in [5, 5.41) is 23.3. The molecular weight excluding hydrogens is 501 g/mol. The molecule has 0 aromatic rings. The zero-order chi connectivity index (χ0) is 26.4. The van der Waals surface area contributed by atoms with Crippen LogP contribution in [0.2, 0.25) is 0 Å². The molecule has 0 aromatic heterocycles. The third-order valence-corrected chi connectivity index (χ3v) is 8.57. The summed E-state index contributed by atoms with van der Waals surface area (Å²) >= 11 is 1.87. The van der Waals surface area contributed by atoms with E-state index in [0.29, 0.717) is 11.7 Å². The van der Waals surface area contributed by atoms with E-state index in [0.717, 1.165) is 37.9 Å². The van der Waals surface area contributed by atoms with Gasteiger partial charge in [0.15, 0.2) is 0 Å². The fraction of sp³-hybridized carbons (Fsp3) is 0.893. The average molecular weight is 555 g/mol. The van der Waals surface area contributed by atoms with Crippen molar-refractivity contribution in [2.75, 3.05) is 5.75 Å². The predicted octanol–water partition coefficient (Wildman–Crippen LogP) is 6.97. The van der Waals surface area contributed by atoms with Gasteiger partial charge in [-0.3, -0.25) is 9.59 Å². The molecule has 0 aliphatic carbocycles. The van der Waals surface area contributed by atoms with Crippen LogP contribution in [0, 0.1) is 0 Å². The molecule has 2 heterocycles. The zero-order valence-corrected chi connectivity index (χ0v) is 25.5. The molecule has 2 fully saturated rings. The summed E-state index contributed by atoms with van der Waals surface area (Å²) in [6.45, 7) is 2.27. The maximum atomic E-state index is 11.1. The van der Waals surface area contributed by atoms with Crippen LogP contribution in [-0.4, -0.2) is 74.3 Å². The van der Waals surface area contributed by atoms with Crippen molar-refractivity contribution in [3.05, 3.63) is 0 Å². The fourth-order valence-electron chi connectivity index (χ4n) is 4.91. The van der Waals surface area contributed by atoms with Gasteiger partial charge in [0, 0.05) is 23.8 Å². The summed E-state index contributed by atoms with van der Waals surface area (Å²) < 4.78 is 0. The number of hydrogen-bond acceptors (Lipinski definition) is 4. The number of nitrogens with one attached hydrogen (secondary N) is 2. The van der Waals surface area contributed by atoms with Crippen LogP contribution in [0.5, 0.6) is 0 Å². The van der Waals surface area contributed by atoms with E-state index in [2.05, 4.69) is 17.6 Å². The van der Waals surface area contributed by atoms with Gasteiger partial charge in [-0.1, -0.05) is 103 Å². The molecule has 0 unspecified atom stereocenters. The maximum Gasteiger partial charge on any atom is 2.00 e. The van der Waals surface area contributed by atoms with Crippen molar-refractivity contribution in [2.24, 2.45) is 0 Å². The summed E-state index contributed by atoms with van der Waals surface area (Å²) in [6.07, 6.45) is 23.1. The molecule has 0 aromatic carbocycles. The summed E-state index contributed by atoms with van der Waals surface area (Å²) in [7, 11) is 0. The Labute approximate surface area is 248 Å². The number of hydrogen-bond donors (Lipinski definition) is 4. The summed E-state index contributed by atoms with van der Waals surface area (Å²) in [5.74, 6) is -0.417. The van der Waals surface area contributed by atoms with Crippen molar-refractivity contribution in [3.8, 4) is 0 Å². The summed E-state index contributed by atoms with van der Waals surface area (Å²) in [6, 6.07) is 0.440. The van der Waals surface area contributed by atoms with Crippen LogP contribution in [0.3, 0.4) is 0 Å². The van der Waals surface area contributed by atoms with Gasteiger partial charge in [0.25, 0.3) is 0 Å². The first-order valence-electron chi connectivity index (χ1n) is 14.6. The standard InChI is InChI=1S/C18H36O2.C10H16N2O3S.Mg.2H/c1-2-3-4-5-6-7-8-9-10-11-12-13-14-15-16-17-18(19)20;13-8(14)4-2-1-3-7-9-6(5-16-7)11-10(15)12-9;;;/h2-17H2,1H3,(H,19,20);6-7,9H,1-5H2,(H,13,14)(H2,11,12,15);;;/q;;+2;2*-1/t;6-,7-,9-;;;/m.0.../s1. The molecule has 7 nitrogen and oxygen atoms in total. The Morgan fingerprint density at radius 1 is 0.757 bits per heavy atom. The number of thioether (sulfide) groups is 1. The molecule has 2 saturated heterocycles. The molecule has 9 heteroatoms. The van der Waals surface area contributed by atoms with E-state index in [-0.39, 0.29) is 50.4 Å². The van der Waals surface area contributed by atoms with Crippen molar-refractivity contribution in [1.29, 1.82) is 0 Å². The second-order valence-corrected chi connectivity index (χ2v) is 11.6. The number of rotatable bonds is 21. The van der Waals surface area contributed by atoms with E-state index in [1.807, 2.05) is 11.8 Å². The van der Waals surface area contributed by atoms with Crippen molar-refractivity contribution >= 4 is 52.8 Å². The Morgan fingerprint density at radius 2 is 1.19 bits per heavy atom. The quantitative estimate of drug-likeness (QED) is 0.0691. The molecule has 4 N–H and O–H groups in total. The van der Waals surface area contributed by atoms with E-state index in [4.69, 9.17) is 10.2 Å². The van der Waals surface area contributed by atoms with Gasteiger partial charge in [0.05, 0.1) is 12.1 Å². The first kappa shape index (κ1) is 36.3. The maximum absolute atomic E-state index is 11.1. The van der Waals surface area contributed by atoms with Gasteiger partial charge < -0.3 is 23.7 Å². The Morgan fingerprint density at radius 3 is 1.65 bits per heavy atom. The smallest absolute Gasteiger partial charge is 1.00 e. The Kier molecular flexibility index (Phi) is 23.9. The van der Waals surface area contributed by atoms with Crippen LogP contribution in [0.1, 0.15) is 138 Å². The number of carboxylic acids is 2. The Balaban J connectivity index is -0.000000626. The fourth-order valence-corrected chi connectivity index (χ4v) is 6.46.